The number of hydrogen-bond donors (Lipinski definition) is 2. The fourth-order valence-electron chi connectivity index (χ4n) is 2.30. The lowest BCUT2D eigenvalue weighted by molar-refractivity contribution is 1.31. The number of H-pyrrole nitrogens is 1. The van der Waals surface area contributed by atoms with E-state index in [4.69, 9.17) is 0 Å². The Hall–Kier alpha value is -2.95. The Bertz CT molecular complexity index is 891. The average Bonchev–Trinajstić information content (AvgIpc) is 2.91. The zero-order valence-corrected chi connectivity index (χ0v) is 10.5. The number of fused-ring (bicyclic) bond motifs is 2. The lowest BCUT2D eigenvalue weighted by atomic mass is 10.2. The summed E-state index contributed by atoms with van der Waals surface area (Å²) < 4.78 is 0. The van der Waals surface area contributed by atoms with Crippen molar-refractivity contribution < 1.29 is 0 Å². The van der Waals surface area contributed by atoms with Crippen LogP contribution in [-0.2, 0) is 0 Å². The number of nitrogens with zero attached hydrogens (tertiary/aromatic N) is 3. The number of aromatic nitrogens is 4. The molecule has 0 spiro atoms. The van der Waals surface area contributed by atoms with E-state index >= 15 is 0 Å². The zero-order chi connectivity index (χ0) is 13.4. The highest BCUT2D eigenvalue weighted by molar-refractivity contribution is 5.97. The molecule has 2 N–H and O–H groups in total. The van der Waals surface area contributed by atoms with Crippen LogP contribution in [-0.4, -0.2) is 19.9 Å². The molecular formula is C15H11N5. The topological polar surface area (TPSA) is 66.5 Å². The fraction of sp³-hybridized carbons (Fsp3) is 0. The van der Waals surface area contributed by atoms with Crippen LogP contribution in [0.5, 0.6) is 0 Å². The highest BCUT2D eigenvalue weighted by Gasteiger charge is 2.07. The highest BCUT2D eigenvalue weighted by atomic mass is 15.0. The molecule has 4 aromatic rings. The Labute approximate surface area is 114 Å². The molecule has 0 amide bonds. The van der Waals surface area contributed by atoms with Gasteiger partial charge in [0.15, 0.2) is 0 Å². The van der Waals surface area contributed by atoms with Crippen molar-refractivity contribution in [1.29, 1.82) is 0 Å². The van der Waals surface area contributed by atoms with Gasteiger partial charge in [-0.15, -0.1) is 0 Å². The summed E-state index contributed by atoms with van der Waals surface area (Å²) in [6, 6.07) is 7.84. The standard InChI is InChI=1S/C15H11N5/c1-2-12-13(9-19-14(12)17-5-1)20-15-11-4-6-16-8-10(11)3-7-18-15/h1-9H,(H,17,19)(H,18,20). The first-order valence-electron chi connectivity index (χ1n) is 6.30. The van der Waals surface area contributed by atoms with E-state index < -0.39 is 0 Å². The van der Waals surface area contributed by atoms with Crippen molar-refractivity contribution in [2.24, 2.45) is 0 Å². The first kappa shape index (κ1) is 10.9. The third kappa shape index (κ3) is 1.68. The summed E-state index contributed by atoms with van der Waals surface area (Å²) in [5.74, 6) is 0.814. The minimum Gasteiger partial charge on any atom is -0.344 e. The molecule has 5 heteroatoms. The number of rotatable bonds is 2. The lowest BCUT2D eigenvalue weighted by Gasteiger charge is -2.07. The van der Waals surface area contributed by atoms with Crippen LogP contribution in [0.2, 0.25) is 0 Å². The van der Waals surface area contributed by atoms with Crippen molar-refractivity contribution >= 4 is 33.3 Å². The largest absolute Gasteiger partial charge is 0.344 e. The molecule has 5 nitrogen and oxygen atoms in total. The van der Waals surface area contributed by atoms with Gasteiger partial charge in [-0.1, -0.05) is 0 Å². The van der Waals surface area contributed by atoms with Gasteiger partial charge in [0.05, 0.1) is 5.69 Å². The van der Waals surface area contributed by atoms with Crippen molar-refractivity contribution in [3.8, 4) is 0 Å². The second-order valence-corrected chi connectivity index (χ2v) is 4.48. The van der Waals surface area contributed by atoms with Gasteiger partial charge in [0.25, 0.3) is 0 Å². The summed E-state index contributed by atoms with van der Waals surface area (Å²) in [5.41, 5.74) is 1.82. The Morgan fingerprint density at radius 1 is 0.950 bits per heavy atom. The summed E-state index contributed by atoms with van der Waals surface area (Å²) in [4.78, 5) is 16.0. The van der Waals surface area contributed by atoms with Gasteiger partial charge in [0.1, 0.15) is 11.5 Å². The van der Waals surface area contributed by atoms with Gasteiger partial charge >= 0.3 is 0 Å². The number of pyridine rings is 3. The molecule has 20 heavy (non-hydrogen) atoms. The first-order valence-corrected chi connectivity index (χ1v) is 6.30. The normalized spacial score (nSPS) is 11.0. The summed E-state index contributed by atoms with van der Waals surface area (Å²) in [6.45, 7) is 0. The van der Waals surface area contributed by atoms with Crippen LogP contribution in [0.15, 0.2) is 55.2 Å². The molecule has 0 aromatic carbocycles. The number of anilines is 2. The molecule has 4 aromatic heterocycles. The average molecular weight is 261 g/mol. The molecule has 0 saturated heterocycles. The van der Waals surface area contributed by atoms with Crippen LogP contribution in [0.1, 0.15) is 0 Å². The van der Waals surface area contributed by atoms with E-state index in [1.807, 2.05) is 36.7 Å². The molecule has 0 atom stereocenters. The Morgan fingerprint density at radius 3 is 2.95 bits per heavy atom. The molecule has 4 rings (SSSR count). The highest BCUT2D eigenvalue weighted by Crippen LogP contribution is 2.27. The van der Waals surface area contributed by atoms with Gasteiger partial charge in [0.2, 0.25) is 0 Å². The van der Waals surface area contributed by atoms with E-state index in [9.17, 15) is 0 Å². The monoisotopic (exact) mass is 261 g/mol. The quantitative estimate of drug-likeness (QED) is 0.581. The zero-order valence-electron chi connectivity index (χ0n) is 10.5. The Morgan fingerprint density at radius 2 is 1.95 bits per heavy atom. The van der Waals surface area contributed by atoms with Gasteiger partial charge in [-0.05, 0) is 24.3 Å². The van der Waals surface area contributed by atoms with E-state index in [2.05, 4.69) is 25.3 Å². The predicted octanol–water partition coefficient (Wildman–Crippen LogP) is 3.25. The van der Waals surface area contributed by atoms with Crippen LogP contribution in [0.25, 0.3) is 21.8 Å². The second-order valence-electron chi connectivity index (χ2n) is 4.48. The number of hydrogen-bond acceptors (Lipinski definition) is 4. The molecule has 0 aliphatic carbocycles. The van der Waals surface area contributed by atoms with Crippen LogP contribution < -0.4 is 5.32 Å². The summed E-state index contributed by atoms with van der Waals surface area (Å²) >= 11 is 0. The maximum atomic E-state index is 4.42. The minimum atomic E-state index is 0.814. The number of nitrogens with one attached hydrogen (secondary N) is 2. The van der Waals surface area contributed by atoms with Crippen LogP contribution in [0.4, 0.5) is 11.5 Å². The molecule has 0 bridgehead atoms. The molecule has 0 fully saturated rings. The van der Waals surface area contributed by atoms with Crippen molar-refractivity contribution in [2.75, 3.05) is 5.32 Å². The maximum Gasteiger partial charge on any atom is 0.139 e. The third-order valence-electron chi connectivity index (χ3n) is 3.27. The van der Waals surface area contributed by atoms with E-state index in [1.54, 1.807) is 18.6 Å². The smallest absolute Gasteiger partial charge is 0.139 e. The van der Waals surface area contributed by atoms with E-state index in [0.29, 0.717) is 0 Å². The molecule has 96 valence electrons. The third-order valence-corrected chi connectivity index (χ3v) is 3.27. The van der Waals surface area contributed by atoms with Crippen molar-refractivity contribution in [3.63, 3.8) is 0 Å². The van der Waals surface area contributed by atoms with E-state index in [1.165, 1.54) is 0 Å². The molecule has 0 aliphatic rings. The van der Waals surface area contributed by atoms with Gasteiger partial charge in [-0.2, -0.15) is 0 Å². The van der Waals surface area contributed by atoms with Crippen molar-refractivity contribution in [2.45, 2.75) is 0 Å². The Balaban J connectivity index is 1.85. The van der Waals surface area contributed by atoms with E-state index in [0.717, 1.165) is 33.3 Å². The maximum absolute atomic E-state index is 4.42. The second kappa shape index (κ2) is 4.31. The summed E-state index contributed by atoms with van der Waals surface area (Å²) in [5, 5.41) is 6.50. The first-order chi connectivity index (χ1) is 9.92. The van der Waals surface area contributed by atoms with Gasteiger partial charge in [0, 0.05) is 47.1 Å². The Kier molecular flexibility index (Phi) is 2.35. The van der Waals surface area contributed by atoms with E-state index in [-0.39, 0.29) is 0 Å². The van der Waals surface area contributed by atoms with Gasteiger partial charge in [-0.3, -0.25) is 4.98 Å². The van der Waals surface area contributed by atoms with Crippen molar-refractivity contribution in [3.05, 3.63) is 55.2 Å². The molecule has 0 saturated carbocycles. The van der Waals surface area contributed by atoms with Gasteiger partial charge < -0.3 is 10.3 Å². The molecule has 0 aliphatic heterocycles. The molecule has 4 heterocycles. The number of aromatic amines is 1. The fourth-order valence-corrected chi connectivity index (χ4v) is 2.30. The van der Waals surface area contributed by atoms with Gasteiger partial charge in [-0.25, -0.2) is 9.97 Å². The predicted molar refractivity (Wildman–Crippen MR) is 78.9 cm³/mol. The summed E-state index contributed by atoms with van der Waals surface area (Å²) in [6.07, 6.45) is 9.05. The lowest BCUT2D eigenvalue weighted by Crippen LogP contribution is -1.94. The van der Waals surface area contributed by atoms with Crippen LogP contribution >= 0.6 is 0 Å². The molecular weight excluding hydrogens is 250 g/mol. The molecule has 0 radical (unpaired) electrons. The van der Waals surface area contributed by atoms with Crippen molar-refractivity contribution in [1.82, 2.24) is 19.9 Å². The van der Waals surface area contributed by atoms with Crippen LogP contribution in [0.3, 0.4) is 0 Å². The molecule has 0 unspecified atom stereocenters. The van der Waals surface area contributed by atoms with Crippen LogP contribution in [0, 0.1) is 0 Å². The summed E-state index contributed by atoms with van der Waals surface area (Å²) in [7, 11) is 0. The SMILES string of the molecule is c1cnc2[nH]cc(Nc3nccc4cnccc34)c2c1. The minimum absolute atomic E-state index is 0.814.